The molecule has 0 aliphatic carbocycles. The van der Waals surface area contributed by atoms with Gasteiger partial charge in [0.1, 0.15) is 16.4 Å². The highest BCUT2D eigenvalue weighted by Crippen LogP contribution is 2.37. The van der Waals surface area contributed by atoms with E-state index in [4.69, 9.17) is 13.9 Å². The van der Waals surface area contributed by atoms with Crippen LogP contribution in [0.4, 0.5) is 11.4 Å². The van der Waals surface area contributed by atoms with E-state index in [9.17, 15) is 14.4 Å². The van der Waals surface area contributed by atoms with Crippen LogP contribution in [0.5, 0.6) is 11.5 Å². The average molecular weight is 568 g/mol. The van der Waals surface area contributed by atoms with E-state index in [1.165, 1.54) is 22.9 Å². The van der Waals surface area contributed by atoms with Crippen molar-refractivity contribution in [2.45, 2.75) is 25.3 Å². The maximum absolute atomic E-state index is 13.5. The van der Waals surface area contributed by atoms with Gasteiger partial charge in [0.05, 0.1) is 12.8 Å². The zero-order valence-electron chi connectivity index (χ0n) is 22.2. The molecule has 0 fully saturated rings. The third-order valence-electron chi connectivity index (χ3n) is 6.76. The van der Waals surface area contributed by atoms with Gasteiger partial charge in [-0.2, -0.15) is 0 Å². The second-order valence-corrected chi connectivity index (χ2v) is 10.6. The maximum atomic E-state index is 13.5. The molecular formula is C31H25N3O6S. The van der Waals surface area contributed by atoms with Crippen molar-refractivity contribution in [1.82, 2.24) is 4.90 Å². The summed E-state index contributed by atoms with van der Waals surface area (Å²) in [7, 11) is 0. The number of aryl methyl sites for hydroxylation is 2. The van der Waals surface area contributed by atoms with Gasteiger partial charge in [-0.15, -0.1) is 0 Å². The molecule has 4 aromatic rings. The molecule has 0 saturated heterocycles. The topological polar surface area (TPSA) is 110 Å². The third-order valence-corrected chi connectivity index (χ3v) is 7.85. The lowest BCUT2D eigenvalue weighted by Gasteiger charge is -2.14. The molecule has 3 aromatic carbocycles. The van der Waals surface area contributed by atoms with Gasteiger partial charge in [0.2, 0.25) is 6.79 Å². The Labute approximate surface area is 240 Å². The number of rotatable bonds is 8. The lowest BCUT2D eigenvalue weighted by Crippen LogP contribution is -2.31. The van der Waals surface area contributed by atoms with Crippen molar-refractivity contribution >= 4 is 40.9 Å². The highest BCUT2D eigenvalue weighted by atomic mass is 32.2. The third kappa shape index (κ3) is 5.42. The summed E-state index contributed by atoms with van der Waals surface area (Å²) in [4.78, 5) is 41.9. The number of anilines is 2. The van der Waals surface area contributed by atoms with Crippen LogP contribution < -0.4 is 20.1 Å². The number of nitrogens with one attached hydrogen (secondary N) is 2. The van der Waals surface area contributed by atoms with Crippen LogP contribution in [0.1, 0.15) is 27.2 Å². The predicted molar refractivity (Wildman–Crippen MR) is 154 cm³/mol. The average Bonchev–Trinajstić information content (AvgIpc) is 3.71. The first kappa shape index (κ1) is 26.3. The summed E-state index contributed by atoms with van der Waals surface area (Å²) in [6.45, 7) is 4.16. The minimum Gasteiger partial charge on any atom is -0.467 e. The summed E-state index contributed by atoms with van der Waals surface area (Å²) in [6.07, 6.45) is 1.50. The van der Waals surface area contributed by atoms with Gasteiger partial charge in [-0.25, -0.2) is 0 Å². The van der Waals surface area contributed by atoms with Crippen molar-refractivity contribution in [2.24, 2.45) is 0 Å². The largest absolute Gasteiger partial charge is 0.467 e. The van der Waals surface area contributed by atoms with E-state index in [2.05, 4.69) is 10.6 Å². The molecule has 1 aromatic heterocycles. The van der Waals surface area contributed by atoms with Gasteiger partial charge in [-0.1, -0.05) is 17.8 Å². The molecule has 0 radical (unpaired) electrons. The SMILES string of the molecule is Cc1ccc(NC2=C(Sc3ccc(NC(=O)c4ccc5c(c4)OCO5)cc3)C(=O)N(Cc3ccco3)C2=O)cc1C. The molecule has 0 saturated carbocycles. The van der Waals surface area contributed by atoms with Gasteiger partial charge < -0.3 is 24.5 Å². The standard InChI is InChI=1S/C31H25N3O6S/c1-18-5-7-22(14-19(18)2)32-27-28(31(37)34(30(27)36)16-23-4-3-13-38-23)41-24-10-8-21(9-11-24)33-29(35)20-6-12-25-26(15-20)40-17-39-25/h3-15,32H,16-17H2,1-2H3,(H,33,35). The molecule has 0 spiro atoms. The van der Waals surface area contributed by atoms with Gasteiger partial charge in [0.15, 0.2) is 11.5 Å². The number of fused-ring (bicyclic) bond motifs is 1. The number of nitrogens with zero attached hydrogens (tertiary/aromatic N) is 1. The molecule has 0 bridgehead atoms. The first-order valence-electron chi connectivity index (χ1n) is 12.8. The van der Waals surface area contributed by atoms with Crippen molar-refractivity contribution in [1.29, 1.82) is 0 Å². The molecule has 41 heavy (non-hydrogen) atoms. The van der Waals surface area contributed by atoms with Crippen LogP contribution in [-0.4, -0.2) is 29.4 Å². The Morgan fingerprint density at radius 2 is 1.66 bits per heavy atom. The summed E-state index contributed by atoms with van der Waals surface area (Å²) in [5.74, 6) is 0.496. The van der Waals surface area contributed by atoms with Crippen molar-refractivity contribution in [3.63, 3.8) is 0 Å². The lowest BCUT2D eigenvalue weighted by molar-refractivity contribution is -0.138. The zero-order valence-corrected chi connectivity index (χ0v) is 23.0. The van der Waals surface area contributed by atoms with Crippen molar-refractivity contribution in [2.75, 3.05) is 17.4 Å². The summed E-state index contributed by atoms with van der Waals surface area (Å²) in [6, 6.07) is 21.3. The van der Waals surface area contributed by atoms with Crippen LogP contribution in [0.15, 0.2) is 99.0 Å². The Balaban J connectivity index is 1.22. The number of carbonyl (C=O) groups is 3. The van der Waals surface area contributed by atoms with Crippen LogP contribution in [-0.2, 0) is 16.1 Å². The van der Waals surface area contributed by atoms with Crippen LogP contribution in [0.3, 0.4) is 0 Å². The minimum atomic E-state index is -0.431. The molecule has 2 aliphatic heterocycles. The van der Waals surface area contributed by atoms with E-state index < -0.39 is 11.8 Å². The number of ether oxygens (including phenoxy) is 2. The molecule has 2 N–H and O–H groups in total. The van der Waals surface area contributed by atoms with E-state index in [1.54, 1.807) is 54.6 Å². The molecule has 10 heteroatoms. The molecule has 0 unspecified atom stereocenters. The van der Waals surface area contributed by atoms with Gasteiger partial charge in [-0.05, 0) is 91.7 Å². The van der Waals surface area contributed by atoms with Gasteiger partial charge in [0, 0.05) is 21.8 Å². The van der Waals surface area contributed by atoms with Crippen LogP contribution in [0.2, 0.25) is 0 Å². The van der Waals surface area contributed by atoms with Gasteiger partial charge in [0.25, 0.3) is 17.7 Å². The Morgan fingerprint density at radius 1 is 0.878 bits per heavy atom. The van der Waals surface area contributed by atoms with E-state index in [0.29, 0.717) is 34.2 Å². The highest BCUT2D eigenvalue weighted by molar-refractivity contribution is 8.04. The van der Waals surface area contributed by atoms with E-state index in [0.717, 1.165) is 16.0 Å². The lowest BCUT2D eigenvalue weighted by atomic mass is 10.1. The fraction of sp³-hybridized carbons (Fsp3) is 0.129. The molecule has 3 heterocycles. The van der Waals surface area contributed by atoms with Crippen molar-refractivity contribution in [3.8, 4) is 11.5 Å². The van der Waals surface area contributed by atoms with Crippen LogP contribution >= 0.6 is 11.8 Å². The molecule has 6 rings (SSSR count). The molecule has 206 valence electrons. The quantitative estimate of drug-likeness (QED) is 0.255. The number of benzene rings is 3. The Bertz CT molecular complexity index is 1700. The monoisotopic (exact) mass is 567 g/mol. The number of imide groups is 1. The Morgan fingerprint density at radius 3 is 2.41 bits per heavy atom. The maximum Gasteiger partial charge on any atom is 0.278 e. The number of carbonyl (C=O) groups excluding carboxylic acids is 3. The van der Waals surface area contributed by atoms with E-state index in [-0.39, 0.29) is 29.8 Å². The number of hydrogen-bond acceptors (Lipinski definition) is 8. The van der Waals surface area contributed by atoms with Crippen molar-refractivity contribution in [3.05, 3.63) is 112 Å². The fourth-order valence-electron chi connectivity index (χ4n) is 4.39. The number of furan rings is 1. The number of thioether (sulfide) groups is 1. The fourth-order valence-corrected chi connectivity index (χ4v) is 5.34. The second kappa shape index (κ2) is 10.9. The van der Waals surface area contributed by atoms with Crippen LogP contribution in [0.25, 0.3) is 0 Å². The molecular weight excluding hydrogens is 542 g/mol. The number of hydrogen-bond donors (Lipinski definition) is 2. The van der Waals surface area contributed by atoms with Crippen LogP contribution in [0, 0.1) is 13.8 Å². The molecule has 2 aliphatic rings. The first-order chi connectivity index (χ1) is 19.9. The zero-order chi connectivity index (χ0) is 28.5. The normalized spacial score (nSPS) is 14.1. The van der Waals surface area contributed by atoms with E-state index in [1.807, 2.05) is 32.0 Å². The molecule has 0 atom stereocenters. The van der Waals surface area contributed by atoms with Gasteiger partial charge in [-0.3, -0.25) is 19.3 Å². The Kier molecular flexibility index (Phi) is 6.98. The Hall–Kier alpha value is -4.96. The molecule has 3 amide bonds. The predicted octanol–water partition coefficient (Wildman–Crippen LogP) is 5.86. The minimum absolute atomic E-state index is 0.0255. The van der Waals surface area contributed by atoms with E-state index >= 15 is 0 Å². The highest BCUT2D eigenvalue weighted by Gasteiger charge is 2.39. The summed E-state index contributed by atoms with van der Waals surface area (Å²) < 4.78 is 16.0. The van der Waals surface area contributed by atoms with Gasteiger partial charge >= 0.3 is 0 Å². The molecule has 9 nitrogen and oxygen atoms in total. The second-order valence-electron chi connectivity index (χ2n) is 9.55. The summed E-state index contributed by atoms with van der Waals surface area (Å²) in [5, 5.41) is 6.04. The van der Waals surface area contributed by atoms with Crippen molar-refractivity contribution < 1.29 is 28.3 Å². The summed E-state index contributed by atoms with van der Waals surface area (Å²) in [5.41, 5.74) is 4.11. The number of amides is 3. The summed E-state index contributed by atoms with van der Waals surface area (Å²) >= 11 is 1.18. The smallest absolute Gasteiger partial charge is 0.278 e. The first-order valence-corrected chi connectivity index (χ1v) is 13.6.